The molecule has 0 aliphatic heterocycles. The Hall–Kier alpha value is -2.70. The lowest BCUT2D eigenvalue weighted by Gasteiger charge is -2.19. The Morgan fingerprint density at radius 2 is 1.77 bits per heavy atom. The minimum Gasteiger partial charge on any atom is -0.483 e. The lowest BCUT2D eigenvalue weighted by atomic mass is 9.91. The fourth-order valence-corrected chi connectivity index (χ4v) is 2.96. The molecule has 1 N–H and O–H groups in total. The van der Waals surface area contributed by atoms with Crippen LogP contribution in [0.25, 0.3) is 0 Å². The molecule has 26 heavy (non-hydrogen) atoms. The fourth-order valence-electron chi connectivity index (χ4n) is 2.96. The summed E-state index contributed by atoms with van der Waals surface area (Å²) >= 11 is 0. The average molecular weight is 365 g/mol. The minimum atomic E-state index is -4.74. The van der Waals surface area contributed by atoms with Gasteiger partial charge in [0.25, 0.3) is 5.91 Å². The van der Waals surface area contributed by atoms with E-state index in [0.29, 0.717) is 11.4 Å². The predicted octanol–water partition coefficient (Wildman–Crippen LogP) is 4.48. The predicted molar refractivity (Wildman–Crippen MR) is 90.3 cm³/mol. The summed E-state index contributed by atoms with van der Waals surface area (Å²) in [6.45, 7) is -0.169. The van der Waals surface area contributed by atoms with Gasteiger partial charge in [0.1, 0.15) is 11.5 Å². The maximum absolute atomic E-state index is 12.1. The van der Waals surface area contributed by atoms with Gasteiger partial charge in [-0.1, -0.05) is 12.1 Å². The largest absolute Gasteiger partial charge is 0.573 e. The third-order valence-electron chi connectivity index (χ3n) is 4.08. The fraction of sp³-hybridized carbons (Fsp3) is 0.316. The SMILES string of the molecule is O=C(COc1cccc2c1CCCC2)Nc1ccc(OC(F)(F)F)cc1. The van der Waals surface area contributed by atoms with Gasteiger partial charge in [0.2, 0.25) is 0 Å². The number of nitrogens with one attached hydrogen (secondary N) is 1. The number of aryl methyl sites for hydroxylation is 1. The molecule has 1 amide bonds. The van der Waals surface area contributed by atoms with Crippen molar-refractivity contribution in [2.75, 3.05) is 11.9 Å². The molecule has 1 aliphatic rings. The second-order valence-electron chi connectivity index (χ2n) is 6.01. The Labute approximate surface area is 148 Å². The first kappa shape index (κ1) is 18.1. The maximum atomic E-state index is 12.1. The van der Waals surface area contributed by atoms with E-state index in [1.165, 1.54) is 17.7 Å². The van der Waals surface area contributed by atoms with Crippen LogP contribution in [0.15, 0.2) is 42.5 Å². The molecule has 2 aromatic rings. The molecule has 4 nitrogen and oxygen atoms in total. The molecule has 0 radical (unpaired) electrons. The molecule has 1 aliphatic carbocycles. The lowest BCUT2D eigenvalue weighted by Crippen LogP contribution is -2.21. The van der Waals surface area contributed by atoms with Gasteiger partial charge in [-0.05, 0) is 67.1 Å². The molecule has 0 atom stereocenters. The molecule has 0 aromatic heterocycles. The van der Waals surface area contributed by atoms with Crippen LogP contribution in [0.5, 0.6) is 11.5 Å². The van der Waals surface area contributed by atoms with Gasteiger partial charge >= 0.3 is 6.36 Å². The molecule has 0 unspecified atom stereocenters. The van der Waals surface area contributed by atoms with E-state index in [-0.39, 0.29) is 18.3 Å². The van der Waals surface area contributed by atoms with Gasteiger partial charge in [0.05, 0.1) is 0 Å². The molecule has 2 aromatic carbocycles. The van der Waals surface area contributed by atoms with Gasteiger partial charge in [-0.3, -0.25) is 4.79 Å². The van der Waals surface area contributed by atoms with E-state index in [4.69, 9.17) is 4.74 Å². The third-order valence-corrected chi connectivity index (χ3v) is 4.08. The van der Waals surface area contributed by atoms with Crippen molar-refractivity contribution in [2.24, 2.45) is 0 Å². The molecule has 3 rings (SSSR count). The van der Waals surface area contributed by atoms with Crippen molar-refractivity contribution in [3.8, 4) is 11.5 Å². The van der Waals surface area contributed by atoms with Crippen molar-refractivity contribution >= 4 is 11.6 Å². The van der Waals surface area contributed by atoms with Gasteiger partial charge < -0.3 is 14.8 Å². The Balaban J connectivity index is 1.55. The summed E-state index contributed by atoms with van der Waals surface area (Å²) in [5.74, 6) is -0.0168. The zero-order valence-corrected chi connectivity index (χ0v) is 13.9. The minimum absolute atomic E-state index is 0.169. The van der Waals surface area contributed by atoms with Crippen molar-refractivity contribution in [1.82, 2.24) is 0 Å². The number of carbonyl (C=O) groups is 1. The summed E-state index contributed by atoms with van der Waals surface area (Å²) in [5, 5.41) is 2.58. The van der Waals surface area contributed by atoms with Crippen LogP contribution >= 0.6 is 0 Å². The van der Waals surface area contributed by atoms with E-state index in [1.807, 2.05) is 12.1 Å². The van der Waals surface area contributed by atoms with Crippen LogP contribution in [0.3, 0.4) is 0 Å². The molecule has 138 valence electrons. The summed E-state index contributed by atoms with van der Waals surface area (Å²) in [4.78, 5) is 12.0. The first-order valence-electron chi connectivity index (χ1n) is 8.30. The molecule has 0 spiro atoms. The maximum Gasteiger partial charge on any atom is 0.573 e. The van der Waals surface area contributed by atoms with E-state index >= 15 is 0 Å². The zero-order chi connectivity index (χ0) is 18.6. The molecule has 0 heterocycles. The summed E-state index contributed by atoms with van der Waals surface area (Å²) in [7, 11) is 0. The molecular weight excluding hydrogens is 347 g/mol. The highest BCUT2D eigenvalue weighted by atomic mass is 19.4. The highest BCUT2D eigenvalue weighted by Gasteiger charge is 2.30. The first-order valence-corrected chi connectivity index (χ1v) is 8.30. The normalized spacial score (nSPS) is 13.7. The standard InChI is InChI=1S/C19H18F3NO3/c20-19(21,22)26-15-10-8-14(9-11-15)23-18(24)12-25-17-7-3-5-13-4-1-2-6-16(13)17/h3,5,7-11H,1-2,4,6,12H2,(H,23,24). The Morgan fingerprint density at radius 3 is 2.50 bits per heavy atom. The van der Waals surface area contributed by atoms with Crippen molar-refractivity contribution in [1.29, 1.82) is 0 Å². The van der Waals surface area contributed by atoms with Crippen LogP contribution in [-0.2, 0) is 17.6 Å². The van der Waals surface area contributed by atoms with Gasteiger partial charge in [-0.25, -0.2) is 0 Å². The second kappa shape index (κ2) is 7.68. The van der Waals surface area contributed by atoms with Gasteiger partial charge in [0.15, 0.2) is 6.61 Å². The Bertz CT molecular complexity index is 773. The quantitative estimate of drug-likeness (QED) is 0.850. The number of rotatable bonds is 5. The molecule has 0 bridgehead atoms. The van der Waals surface area contributed by atoms with Crippen LogP contribution in [0.4, 0.5) is 18.9 Å². The van der Waals surface area contributed by atoms with E-state index in [2.05, 4.69) is 16.1 Å². The van der Waals surface area contributed by atoms with Crippen molar-refractivity contribution in [2.45, 2.75) is 32.0 Å². The summed E-state index contributed by atoms with van der Waals surface area (Å²) < 4.78 is 45.8. The van der Waals surface area contributed by atoms with Crippen LogP contribution in [0.2, 0.25) is 0 Å². The molecule has 0 saturated carbocycles. The highest BCUT2D eigenvalue weighted by molar-refractivity contribution is 5.91. The summed E-state index contributed by atoms with van der Waals surface area (Å²) in [6, 6.07) is 10.8. The monoisotopic (exact) mass is 365 g/mol. The van der Waals surface area contributed by atoms with Crippen molar-refractivity contribution in [3.05, 3.63) is 53.6 Å². The number of amides is 1. The molecular formula is C19H18F3NO3. The Kier molecular flexibility index (Phi) is 5.35. The van der Waals surface area contributed by atoms with Crippen LogP contribution in [0.1, 0.15) is 24.0 Å². The average Bonchev–Trinajstić information content (AvgIpc) is 2.60. The number of alkyl halides is 3. The van der Waals surface area contributed by atoms with Gasteiger partial charge in [-0.2, -0.15) is 0 Å². The number of carbonyl (C=O) groups excluding carboxylic acids is 1. The second-order valence-corrected chi connectivity index (χ2v) is 6.01. The number of halogens is 3. The molecule has 0 saturated heterocycles. The van der Waals surface area contributed by atoms with E-state index < -0.39 is 6.36 Å². The number of hydrogen-bond donors (Lipinski definition) is 1. The van der Waals surface area contributed by atoms with Crippen molar-refractivity contribution < 1.29 is 27.4 Å². The van der Waals surface area contributed by atoms with E-state index in [0.717, 1.165) is 43.4 Å². The third kappa shape index (κ3) is 4.91. The zero-order valence-electron chi connectivity index (χ0n) is 13.9. The summed E-state index contributed by atoms with van der Waals surface area (Å²) in [5.41, 5.74) is 2.78. The van der Waals surface area contributed by atoms with Crippen LogP contribution < -0.4 is 14.8 Å². The van der Waals surface area contributed by atoms with E-state index in [9.17, 15) is 18.0 Å². The first-order chi connectivity index (χ1) is 12.4. The number of fused-ring (bicyclic) bond motifs is 1. The van der Waals surface area contributed by atoms with E-state index in [1.54, 1.807) is 0 Å². The number of benzene rings is 2. The Morgan fingerprint density at radius 1 is 1.04 bits per heavy atom. The van der Waals surface area contributed by atoms with Crippen LogP contribution in [0, 0.1) is 0 Å². The van der Waals surface area contributed by atoms with Crippen molar-refractivity contribution in [3.63, 3.8) is 0 Å². The number of hydrogen-bond acceptors (Lipinski definition) is 3. The lowest BCUT2D eigenvalue weighted by molar-refractivity contribution is -0.274. The van der Waals surface area contributed by atoms with Crippen LogP contribution in [-0.4, -0.2) is 18.9 Å². The van der Waals surface area contributed by atoms with Gasteiger partial charge in [-0.15, -0.1) is 13.2 Å². The topological polar surface area (TPSA) is 47.6 Å². The highest BCUT2D eigenvalue weighted by Crippen LogP contribution is 2.29. The van der Waals surface area contributed by atoms with Gasteiger partial charge in [0, 0.05) is 5.69 Å². The summed E-state index contributed by atoms with van der Waals surface area (Å²) in [6.07, 6.45) is -0.525. The smallest absolute Gasteiger partial charge is 0.483 e. The molecule has 7 heteroatoms. The molecule has 0 fully saturated rings. The number of ether oxygens (including phenoxy) is 2. The number of anilines is 1.